The van der Waals surface area contributed by atoms with Gasteiger partial charge in [0, 0.05) is 10.7 Å². The molecule has 1 N–H and O–H groups in total. The van der Waals surface area contributed by atoms with E-state index in [-0.39, 0.29) is 13.1 Å². The second-order valence-electron chi connectivity index (χ2n) is 7.41. The van der Waals surface area contributed by atoms with E-state index in [0.29, 0.717) is 27.2 Å². The first-order valence-corrected chi connectivity index (χ1v) is 10.2. The predicted molar refractivity (Wildman–Crippen MR) is 123 cm³/mol. The third-order valence-corrected chi connectivity index (χ3v) is 5.40. The minimum absolute atomic E-state index is 0.0400. The van der Waals surface area contributed by atoms with Gasteiger partial charge in [0.15, 0.2) is 0 Å². The van der Waals surface area contributed by atoms with Gasteiger partial charge in [-0.15, -0.1) is 0 Å². The summed E-state index contributed by atoms with van der Waals surface area (Å²) in [6.07, 6.45) is 0. The molecule has 0 spiro atoms. The fraction of sp³-hybridized carbons (Fsp3) is 0.125. The summed E-state index contributed by atoms with van der Waals surface area (Å²) in [6.45, 7) is 1.40. The number of nitrogens with one attached hydrogen (secondary N) is 1. The van der Waals surface area contributed by atoms with Gasteiger partial charge in [-0.05, 0) is 60.5 Å². The molecule has 3 aromatic carbocycles. The maximum Gasteiger partial charge on any atom is 0.332 e. The molecule has 0 saturated heterocycles. The van der Waals surface area contributed by atoms with Crippen LogP contribution in [0.25, 0.3) is 10.9 Å². The molecule has 0 fully saturated rings. The number of benzene rings is 3. The summed E-state index contributed by atoms with van der Waals surface area (Å²) in [6, 6.07) is 17.5. The molecular formula is C24H19ClFN3O3. The molecule has 0 bridgehead atoms. The van der Waals surface area contributed by atoms with Gasteiger partial charge in [-0.25, -0.2) is 9.18 Å². The molecule has 32 heavy (non-hydrogen) atoms. The molecule has 0 radical (unpaired) electrons. The maximum atomic E-state index is 13.3. The number of hydrogen-bond donors (Lipinski definition) is 1. The first-order chi connectivity index (χ1) is 15.3. The highest BCUT2D eigenvalue weighted by Crippen LogP contribution is 2.16. The van der Waals surface area contributed by atoms with Crippen molar-refractivity contribution in [3.8, 4) is 0 Å². The summed E-state index contributed by atoms with van der Waals surface area (Å²) in [5, 5.41) is 3.57. The number of para-hydroxylation sites is 1. The van der Waals surface area contributed by atoms with Crippen molar-refractivity contribution in [2.75, 3.05) is 5.32 Å². The fourth-order valence-electron chi connectivity index (χ4n) is 3.54. The minimum atomic E-state index is -0.602. The van der Waals surface area contributed by atoms with Crippen molar-refractivity contribution in [2.45, 2.75) is 20.0 Å². The quantitative estimate of drug-likeness (QED) is 0.499. The Morgan fingerprint density at radius 2 is 1.72 bits per heavy atom. The lowest BCUT2D eigenvalue weighted by molar-refractivity contribution is -0.116. The van der Waals surface area contributed by atoms with Gasteiger partial charge in [-0.1, -0.05) is 35.9 Å². The Bertz CT molecular complexity index is 1440. The smallest absolute Gasteiger partial charge is 0.324 e. The molecule has 0 aliphatic rings. The standard InChI is InChI=1S/C24H19ClFN3O3/c1-15-12-18(26)10-11-20(15)27-22(30)14-28-21-5-3-2-4-19(21)23(31)29(24(28)32)13-16-6-8-17(25)9-7-16/h2-12H,13-14H2,1H3,(H,27,30). The lowest BCUT2D eigenvalue weighted by atomic mass is 10.2. The van der Waals surface area contributed by atoms with Crippen LogP contribution in [0.3, 0.4) is 0 Å². The van der Waals surface area contributed by atoms with Crippen molar-refractivity contribution in [1.29, 1.82) is 0 Å². The number of hydrogen-bond acceptors (Lipinski definition) is 3. The highest BCUT2D eigenvalue weighted by molar-refractivity contribution is 6.30. The number of carbonyl (C=O) groups is 1. The van der Waals surface area contributed by atoms with Crippen LogP contribution in [-0.2, 0) is 17.9 Å². The van der Waals surface area contributed by atoms with Crippen LogP contribution in [0.2, 0.25) is 5.02 Å². The normalized spacial score (nSPS) is 11.0. The van der Waals surface area contributed by atoms with E-state index in [1.807, 2.05) is 0 Å². The third kappa shape index (κ3) is 4.33. The van der Waals surface area contributed by atoms with Crippen molar-refractivity contribution >= 4 is 34.1 Å². The molecule has 0 atom stereocenters. The molecule has 0 unspecified atom stereocenters. The topological polar surface area (TPSA) is 73.1 Å². The number of rotatable bonds is 5. The Labute approximate surface area is 187 Å². The van der Waals surface area contributed by atoms with Crippen molar-refractivity contribution in [3.05, 3.63) is 110 Å². The lowest BCUT2D eigenvalue weighted by Gasteiger charge is -2.15. The predicted octanol–water partition coefficient (Wildman–Crippen LogP) is 3.95. The molecule has 0 aliphatic heterocycles. The number of fused-ring (bicyclic) bond motifs is 1. The molecule has 1 amide bonds. The van der Waals surface area contributed by atoms with Gasteiger partial charge in [0.25, 0.3) is 5.56 Å². The number of nitrogens with zero attached hydrogens (tertiary/aromatic N) is 2. The van der Waals surface area contributed by atoms with Gasteiger partial charge in [0.2, 0.25) is 5.91 Å². The Balaban J connectivity index is 1.74. The monoisotopic (exact) mass is 451 g/mol. The number of anilines is 1. The Kier molecular flexibility index (Phi) is 5.92. The summed E-state index contributed by atoms with van der Waals surface area (Å²) in [7, 11) is 0. The maximum absolute atomic E-state index is 13.3. The van der Waals surface area contributed by atoms with Crippen LogP contribution in [0, 0.1) is 12.7 Å². The second-order valence-corrected chi connectivity index (χ2v) is 7.85. The Morgan fingerprint density at radius 3 is 2.44 bits per heavy atom. The van der Waals surface area contributed by atoms with Gasteiger partial charge in [-0.2, -0.15) is 0 Å². The number of halogens is 2. The number of aryl methyl sites for hydroxylation is 1. The van der Waals surface area contributed by atoms with Crippen LogP contribution in [0.4, 0.5) is 10.1 Å². The largest absolute Gasteiger partial charge is 0.332 e. The number of amides is 1. The summed E-state index contributed by atoms with van der Waals surface area (Å²) in [4.78, 5) is 39.0. The molecule has 162 valence electrons. The zero-order chi connectivity index (χ0) is 22.8. The summed E-state index contributed by atoms with van der Waals surface area (Å²) < 4.78 is 15.7. The van der Waals surface area contributed by atoms with Gasteiger partial charge < -0.3 is 5.32 Å². The minimum Gasteiger partial charge on any atom is -0.324 e. The molecule has 0 saturated carbocycles. The highest BCUT2D eigenvalue weighted by Gasteiger charge is 2.16. The van der Waals surface area contributed by atoms with E-state index in [4.69, 9.17) is 11.6 Å². The Morgan fingerprint density at radius 1 is 1.00 bits per heavy atom. The average Bonchev–Trinajstić information content (AvgIpc) is 2.77. The molecule has 8 heteroatoms. The van der Waals surface area contributed by atoms with E-state index in [2.05, 4.69) is 5.32 Å². The number of carbonyl (C=O) groups excluding carboxylic acids is 1. The van der Waals surface area contributed by atoms with Crippen molar-refractivity contribution in [2.24, 2.45) is 0 Å². The zero-order valence-electron chi connectivity index (χ0n) is 17.1. The molecule has 1 aromatic heterocycles. The fourth-order valence-corrected chi connectivity index (χ4v) is 3.66. The molecule has 1 heterocycles. The van der Waals surface area contributed by atoms with Gasteiger partial charge >= 0.3 is 5.69 Å². The molecule has 4 aromatic rings. The summed E-state index contributed by atoms with van der Waals surface area (Å²) in [5.41, 5.74) is 1.05. The van der Waals surface area contributed by atoms with E-state index < -0.39 is 23.0 Å². The van der Waals surface area contributed by atoms with Crippen molar-refractivity contribution < 1.29 is 9.18 Å². The van der Waals surface area contributed by atoms with Crippen LogP contribution < -0.4 is 16.6 Å². The third-order valence-electron chi connectivity index (χ3n) is 5.15. The van der Waals surface area contributed by atoms with Crippen LogP contribution in [0.1, 0.15) is 11.1 Å². The lowest BCUT2D eigenvalue weighted by Crippen LogP contribution is -2.42. The number of aromatic nitrogens is 2. The van der Waals surface area contributed by atoms with Gasteiger partial charge in [0.05, 0.1) is 17.4 Å². The van der Waals surface area contributed by atoms with E-state index in [0.717, 1.165) is 10.1 Å². The van der Waals surface area contributed by atoms with Gasteiger partial charge in [-0.3, -0.25) is 18.7 Å². The van der Waals surface area contributed by atoms with Crippen LogP contribution in [0.5, 0.6) is 0 Å². The van der Waals surface area contributed by atoms with Gasteiger partial charge in [0.1, 0.15) is 12.4 Å². The first kappa shape index (κ1) is 21.5. The zero-order valence-corrected chi connectivity index (χ0v) is 17.9. The first-order valence-electron chi connectivity index (χ1n) is 9.86. The van der Waals surface area contributed by atoms with E-state index in [9.17, 15) is 18.8 Å². The molecular weight excluding hydrogens is 433 g/mol. The van der Waals surface area contributed by atoms with E-state index >= 15 is 0 Å². The average molecular weight is 452 g/mol. The van der Waals surface area contributed by atoms with Crippen molar-refractivity contribution in [1.82, 2.24) is 9.13 Å². The van der Waals surface area contributed by atoms with Crippen LogP contribution in [-0.4, -0.2) is 15.0 Å². The summed E-state index contributed by atoms with van der Waals surface area (Å²) in [5.74, 6) is -0.874. The van der Waals surface area contributed by atoms with Crippen molar-refractivity contribution in [3.63, 3.8) is 0 Å². The Hall–Kier alpha value is -3.71. The van der Waals surface area contributed by atoms with Crippen LogP contribution >= 0.6 is 11.6 Å². The SMILES string of the molecule is Cc1cc(F)ccc1NC(=O)Cn1c(=O)n(Cc2ccc(Cl)cc2)c(=O)c2ccccc21. The molecule has 4 rings (SSSR count). The van der Waals surface area contributed by atoms with E-state index in [1.54, 1.807) is 55.5 Å². The second kappa shape index (κ2) is 8.80. The molecule has 6 nitrogen and oxygen atoms in total. The highest BCUT2D eigenvalue weighted by atomic mass is 35.5. The van der Waals surface area contributed by atoms with Crippen LogP contribution in [0.15, 0.2) is 76.3 Å². The molecule has 0 aliphatic carbocycles. The summed E-state index contributed by atoms with van der Waals surface area (Å²) >= 11 is 5.92. The van der Waals surface area contributed by atoms with E-state index in [1.165, 1.54) is 22.8 Å².